The first-order valence-corrected chi connectivity index (χ1v) is 7.86. The minimum absolute atomic E-state index is 0.250. The maximum atomic E-state index is 10.4. The van der Waals surface area contributed by atoms with Crippen molar-refractivity contribution < 1.29 is 5.11 Å². The molecule has 2 aliphatic rings. The zero-order chi connectivity index (χ0) is 13.1. The van der Waals surface area contributed by atoms with E-state index in [9.17, 15) is 5.11 Å². The average Bonchev–Trinajstić information content (AvgIpc) is 3.02. The highest BCUT2D eigenvalue weighted by molar-refractivity contribution is 5.28. The average molecular weight is 259 g/mol. The molecule has 1 aliphatic carbocycles. The molecule has 0 unspecified atom stereocenters. The van der Waals surface area contributed by atoms with Gasteiger partial charge in [-0.3, -0.25) is 0 Å². The molecule has 1 aliphatic heterocycles. The van der Waals surface area contributed by atoms with Crippen LogP contribution >= 0.6 is 0 Å². The minimum atomic E-state index is -0.345. The van der Waals surface area contributed by atoms with Gasteiger partial charge in [-0.1, -0.05) is 43.5 Å². The summed E-state index contributed by atoms with van der Waals surface area (Å²) < 4.78 is 0. The smallest absolute Gasteiger partial charge is 0.0942 e. The Balaban J connectivity index is 1.67. The molecule has 0 aromatic heterocycles. The van der Waals surface area contributed by atoms with Crippen LogP contribution in [0.25, 0.3) is 0 Å². The molecule has 1 saturated heterocycles. The van der Waals surface area contributed by atoms with Crippen molar-refractivity contribution in [3.8, 4) is 0 Å². The van der Waals surface area contributed by atoms with Gasteiger partial charge in [-0.15, -0.1) is 0 Å². The summed E-state index contributed by atoms with van der Waals surface area (Å²) in [5, 5.41) is 13.7. The van der Waals surface area contributed by atoms with Crippen molar-refractivity contribution in [2.75, 3.05) is 6.54 Å². The molecule has 0 amide bonds. The third-order valence-electron chi connectivity index (χ3n) is 4.83. The van der Waals surface area contributed by atoms with E-state index in [1.807, 2.05) is 0 Å². The number of hydrogen-bond acceptors (Lipinski definition) is 2. The Morgan fingerprint density at radius 3 is 2.32 bits per heavy atom. The van der Waals surface area contributed by atoms with E-state index in [4.69, 9.17) is 0 Å². The Bertz CT molecular complexity index is 388. The quantitative estimate of drug-likeness (QED) is 0.870. The molecule has 1 saturated carbocycles. The number of rotatable bonds is 3. The van der Waals surface area contributed by atoms with E-state index < -0.39 is 0 Å². The number of nitrogens with one attached hydrogen (secondary N) is 1. The number of benzene rings is 1. The van der Waals surface area contributed by atoms with Gasteiger partial charge in [-0.25, -0.2) is 0 Å². The first kappa shape index (κ1) is 13.1. The molecular weight excluding hydrogens is 234 g/mol. The highest BCUT2D eigenvalue weighted by Gasteiger charge is 2.24. The summed E-state index contributed by atoms with van der Waals surface area (Å²) in [5.41, 5.74) is 2.54. The Hall–Kier alpha value is -0.860. The van der Waals surface area contributed by atoms with E-state index in [2.05, 4.69) is 29.6 Å². The molecule has 1 aromatic carbocycles. The van der Waals surface area contributed by atoms with Crippen LogP contribution in [-0.2, 0) is 0 Å². The zero-order valence-electron chi connectivity index (χ0n) is 11.6. The van der Waals surface area contributed by atoms with Crippen molar-refractivity contribution in [2.24, 2.45) is 0 Å². The lowest BCUT2D eigenvalue weighted by Gasteiger charge is -2.23. The number of aliphatic hydroxyl groups is 1. The monoisotopic (exact) mass is 259 g/mol. The second-order valence-electron chi connectivity index (χ2n) is 6.15. The van der Waals surface area contributed by atoms with Crippen molar-refractivity contribution in [3.63, 3.8) is 0 Å². The lowest BCUT2D eigenvalue weighted by molar-refractivity contribution is 0.137. The predicted molar refractivity (Wildman–Crippen MR) is 78.3 cm³/mol. The molecule has 2 N–H and O–H groups in total. The van der Waals surface area contributed by atoms with Gasteiger partial charge in [-0.2, -0.15) is 0 Å². The molecule has 1 aromatic rings. The summed E-state index contributed by atoms with van der Waals surface area (Å²) in [6.07, 6.45) is 8.76. The molecule has 2 fully saturated rings. The van der Waals surface area contributed by atoms with Crippen LogP contribution in [0, 0.1) is 0 Å². The fourth-order valence-corrected chi connectivity index (χ4v) is 3.61. The molecule has 1 heterocycles. The topological polar surface area (TPSA) is 32.3 Å². The van der Waals surface area contributed by atoms with Crippen molar-refractivity contribution >= 4 is 0 Å². The van der Waals surface area contributed by atoms with Gasteiger partial charge in [0.25, 0.3) is 0 Å². The molecule has 19 heavy (non-hydrogen) atoms. The number of aliphatic hydroxyl groups excluding tert-OH is 1. The summed E-state index contributed by atoms with van der Waals surface area (Å²) in [4.78, 5) is 0. The van der Waals surface area contributed by atoms with Crippen LogP contribution in [0.1, 0.15) is 68.1 Å². The molecule has 104 valence electrons. The van der Waals surface area contributed by atoms with Gasteiger partial charge in [0.05, 0.1) is 6.10 Å². The van der Waals surface area contributed by atoms with Crippen molar-refractivity contribution in [1.82, 2.24) is 5.32 Å². The van der Waals surface area contributed by atoms with Crippen LogP contribution in [0.2, 0.25) is 0 Å². The minimum Gasteiger partial charge on any atom is -0.387 e. The molecule has 2 heteroatoms. The Labute approximate surface area is 116 Å². The van der Waals surface area contributed by atoms with Crippen LogP contribution in [0.4, 0.5) is 0 Å². The molecule has 2 nitrogen and oxygen atoms in total. The standard InChI is InChI=1S/C17H25NO/c19-17(16-7-4-12-18-16)15-10-8-14(9-11-15)13-5-2-1-3-6-13/h8-11,13,16-19H,1-7,12H2/t16-,17+/m0/s1. The second-order valence-corrected chi connectivity index (χ2v) is 6.15. The first-order chi connectivity index (χ1) is 9.34. The Kier molecular flexibility index (Phi) is 4.19. The van der Waals surface area contributed by atoms with Crippen molar-refractivity contribution in [2.45, 2.75) is 63.0 Å². The SMILES string of the molecule is O[C@H](c1ccc(C2CCCCC2)cc1)[C@@H]1CCCN1. The first-order valence-electron chi connectivity index (χ1n) is 7.86. The van der Waals surface area contributed by atoms with E-state index in [0.717, 1.165) is 24.4 Å². The van der Waals surface area contributed by atoms with Gasteiger partial charge < -0.3 is 10.4 Å². The molecule has 0 radical (unpaired) electrons. The van der Waals surface area contributed by atoms with E-state index in [0.29, 0.717) is 0 Å². The number of hydrogen-bond donors (Lipinski definition) is 2. The summed E-state index contributed by atoms with van der Waals surface area (Å²) in [5.74, 6) is 0.754. The normalized spacial score (nSPS) is 26.5. The lowest BCUT2D eigenvalue weighted by Crippen LogP contribution is -2.28. The van der Waals surface area contributed by atoms with Crippen LogP contribution in [-0.4, -0.2) is 17.7 Å². The Morgan fingerprint density at radius 2 is 1.68 bits per heavy atom. The van der Waals surface area contributed by atoms with Crippen LogP contribution in [0.5, 0.6) is 0 Å². The van der Waals surface area contributed by atoms with Gasteiger partial charge in [0.15, 0.2) is 0 Å². The van der Waals surface area contributed by atoms with E-state index in [-0.39, 0.29) is 12.1 Å². The third-order valence-corrected chi connectivity index (χ3v) is 4.83. The fraction of sp³-hybridized carbons (Fsp3) is 0.647. The molecule has 2 atom stereocenters. The largest absolute Gasteiger partial charge is 0.387 e. The predicted octanol–water partition coefficient (Wildman–Crippen LogP) is 3.52. The van der Waals surface area contributed by atoms with Crippen LogP contribution in [0.15, 0.2) is 24.3 Å². The van der Waals surface area contributed by atoms with E-state index in [1.165, 1.54) is 44.1 Å². The molecule has 0 bridgehead atoms. The van der Waals surface area contributed by atoms with E-state index >= 15 is 0 Å². The van der Waals surface area contributed by atoms with Crippen molar-refractivity contribution in [3.05, 3.63) is 35.4 Å². The fourth-order valence-electron chi connectivity index (χ4n) is 3.61. The molecule has 3 rings (SSSR count). The molecule has 0 spiro atoms. The maximum Gasteiger partial charge on any atom is 0.0942 e. The summed E-state index contributed by atoms with van der Waals surface area (Å²) in [7, 11) is 0. The highest BCUT2D eigenvalue weighted by Crippen LogP contribution is 2.33. The highest BCUT2D eigenvalue weighted by atomic mass is 16.3. The Morgan fingerprint density at radius 1 is 0.947 bits per heavy atom. The van der Waals surface area contributed by atoms with Gasteiger partial charge in [0, 0.05) is 6.04 Å². The zero-order valence-corrected chi connectivity index (χ0v) is 11.6. The van der Waals surface area contributed by atoms with E-state index in [1.54, 1.807) is 0 Å². The van der Waals surface area contributed by atoms with Gasteiger partial charge >= 0.3 is 0 Å². The summed E-state index contributed by atoms with van der Waals surface area (Å²) >= 11 is 0. The lowest BCUT2D eigenvalue weighted by atomic mass is 9.83. The van der Waals surface area contributed by atoms with Crippen LogP contribution < -0.4 is 5.32 Å². The summed E-state index contributed by atoms with van der Waals surface area (Å²) in [6.45, 7) is 1.04. The third kappa shape index (κ3) is 3.01. The van der Waals surface area contributed by atoms with Gasteiger partial charge in [-0.05, 0) is 49.3 Å². The van der Waals surface area contributed by atoms with Gasteiger partial charge in [0.2, 0.25) is 0 Å². The van der Waals surface area contributed by atoms with Gasteiger partial charge in [0.1, 0.15) is 0 Å². The van der Waals surface area contributed by atoms with Crippen LogP contribution in [0.3, 0.4) is 0 Å². The van der Waals surface area contributed by atoms with Crippen molar-refractivity contribution in [1.29, 1.82) is 0 Å². The second kappa shape index (κ2) is 6.06. The maximum absolute atomic E-state index is 10.4. The molecular formula is C17H25NO. The summed E-state index contributed by atoms with van der Waals surface area (Å²) in [6, 6.07) is 9.00.